The first kappa shape index (κ1) is 20.7. The van der Waals surface area contributed by atoms with Crippen LogP contribution in [0.3, 0.4) is 0 Å². The molecule has 4 rings (SSSR count). The van der Waals surface area contributed by atoms with Crippen molar-refractivity contribution in [2.45, 2.75) is 12.8 Å². The van der Waals surface area contributed by atoms with Gasteiger partial charge in [-0.3, -0.25) is 0 Å². The monoisotopic (exact) mass is 458 g/mol. The molecule has 0 radical (unpaired) electrons. The third-order valence-electron chi connectivity index (χ3n) is 4.09. The topological polar surface area (TPSA) is 0 Å². The molecule has 0 nitrogen and oxygen atoms in total. The maximum Gasteiger partial charge on any atom is 0.0779 e. The SMILES string of the molecule is C=CCc1ccc(C#Cc2ccc(-c3ccc(C#Cc4ccc(CC=C)s4)s3)s2)s1. The van der Waals surface area contributed by atoms with Crippen molar-refractivity contribution >= 4 is 45.3 Å². The van der Waals surface area contributed by atoms with Crippen molar-refractivity contribution in [1.29, 1.82) is 0 Å². The molecule has 30 heavy (non-hydrogen) atoms. The molecule has 0 aromatic carbocycles. The molecule has 0 spiro atoms. The molecule has 0 aliphatic rings. The van der Waals surface area contributed by atoms with E-state index in [4.69, 9.17) is 0 Å². The lowest BCUT2D eigenvalue weighted by Crippen LogP contribution is -1.67. The first-order chi connectivity index (χ1) is 14.7. The molecule has 0 amide bonds. The van der Waals surface area contributed by atoms with E-state index in [1.165, 1.54) is 19.5 Å². The number of rotatable bonds is 5. The molecule has 0 aliphatic heterocycles. The Morgan fingerprint density at radius 3 is 1.30 bits per heavy atom. The van der Waals surface area contributed by atoms with E-state index >= 15 is 0 Å². The van der Waals surface area contributed by atoms with Crippen LogP contribution in [0.2, 0.25) is 0 Å². The van der Waals surface area contributed by atoms with E-state index in [-0.39, 0.29) is 0 Å². The van der Waals surface area contributed by atoms with Crippen LogP contribution in [-0.2, 0) is 12.8 Å². The molecule has 4 heterocycles. The summed E-state index contributed by atoms with van der Waals surface area (Å²) in [6.45, 7) is 7.58. The summed E-state index contributed by atoms with van der Waals surface area (Å²) in [6.07, 6.45) is 5.66. The molecule has 0 aliphatic carbocycles. The van der Waals surface area contributed by atoms with E-state index in [0.717, 1.165) is 32.4 Å². The van der Waals surface area contributed by atoms with Gasteiger partial charge in [-0.1, -0.05) is 12.2 Å². The van der Waals surface area contributed by atoms with Crippen molar-refractivity contribution in [3.05, 3.63) is 103 Å². The van der Waals surface area contributed by atoms with E-state index in [2.05, 4.69) is 85.4 Å². The first-order valence-electron chi connectivity index (χ1n) is 9.37. The summed E-state index contributed by atoms with van der Waals surface area (Å²) in [5.41, 5.74) is 0. The minimum atomic E-state index is 0.904. The lowest BCUT2D eigenvalue weighted by molar-refractivity contribution is 1.36. The number of hydrogen-bond donors (Lipinski definition) is 0. The Hall–Kier alpha value is -2.60. The van der Waals surface area contributed by atoms with Crippen LogP contribution >= 0.6 is 45.3 Å². The van der Waals surface area contributed by atoms with Gasteiger partial charge in [-0.25, -0.2) is 0 Å². The van der Waals surface area contributed by atoms with Crippen molar-refractivity contribution < 1.29 is 0 Å². The van der Waals surface area contributed by atoms with Gasteiger partial charge in [0.2, 0.25) is 0 Å². The summed E-state index contributed by atoms with van der Waals surface area (Å²) in [5.74, 6) is 13.2. The van der Waals surface area contributed by atoms with Crippen LogP contribution in [0.1, 0.15) is 29.3 Å². The highest BCUT2D eigenvalue weighted by atomic mass is 32.1. The highest BCUT2D eigenvalue weighted by Gasteiger charge is 2.05. The second-order valence-electron chi connectivity index (χ2n) is 6.35. The molecular weight excluding hydrogens is 441 g/mol. The molecule has 0 fully saturated rings. The van der Waals surface area contributed by atoms with Crippen LogP contribution in [-0.4, -0.2) is 0 Å². The zero-order valence-electron chi connectivity index (χ0n) is 16.2. The molecule has 0 saturated heterocycles. The molecule has 4 heteroatoms. The highest BCUT2D eigenvalue weighted by molar-refractivity contribution is 7.22. The minimum Gasteiger partial charge on any atom is -0.131 e. The predicted octanol–water partition coefficient (Wildman–Crippen LogP) is 7.86. The minimum absolute atomic E-state index is 0.904. The maximum atomic E-state index is 3.79. The molecule has 0 atom stereocenters. The van der Waals surface area contributed by atoms with Crippen molar-refractivity contribution in [1.82, 2.24) is 0 Å². The van der Waals surface area contributed by atoms with Crippen molar-refractivity contribution in [2.24, 2.45) is 0 Å². The van der Waals surface area contributed by atoms with Crippen molar-refractivity contribution in [2.75, 3.05) is 0 Å². The number of allylic oxidation sites excluding steroid dienone is 2. The zero-order chi connectivity index (χ0) is 20.8. The number of thiophene rings is 4. The summed E-state index contributed by atoms with van der Waals surface area (Å²) in [5, 5.41) is 0. The lowest BCUT2D eigenvalue weighted by Gasteiger charge is -1.87. The average molecular weight is 459 g/mol. The van der Waals surface area contributed by atoms with Crippen molar-refractivity contribution in [3.8, 4) is 33.4 Å². The molecule has 0 unspecified atom stereocenters. The fourth-order valence-corrected chi connectivity index (χ4v) is 6.24. The highest BCUT2D eigenvalue weighted by Crippen LogP contribution is 2.33. The fourth-order valence-electron chi connectivity index (χ4n) is 2.72. The Morgan fingerprint density at radius 2 is 0.900 bits per heavy atom. The van der Waals surface area contributed by atoms with Gasteiger partial charge < -0.3 is 0 Å². The Labute approximate surface area is 193 Å². The van der Waals surface area contributed by atoms with Crippen LogP contribution in [0, 0.1) is 23.7 Å². The smallest absolute Gasteiger partial charge is 0.0779 e. The quantitative estimate of drug-likeness (QED) is 0.211. The Morgan fingerprint density at radius 1 is 0.533 bits per heavy atom. The van der Waals surface area contributed by atoms with E-state index in [9.17, 15) is 0 Å². The summed E-state index contributed by atoms with van der Waals surface area (Å²) in [7, 11) is 0. The van der Waals surface area contributed by atoms with Gasteiger partial charge in [-0.05, 0) is 85.1 Å². The van der Waals surface area contributed by atoms with Gasteiger partial charge in [-0.15, -0.1) is 58.5 Å². The largest absolute Gasteiger partial charge is 0.131 e. The van der Waals surface area contributed by atoms with Gasteiger partial charge in [0.05, 0.1) is 19.5 Å². The maximum absolute atomic E-state index is 3.79. The van der Waals surface area contributed by atoms with E-state index in [0.29, 0.717) is 0 Å². The van der Waals surface area contributed by atoms with Crippen LogP contribution in [0.15, 0.2) is 73.8 Å². The van der Waals surface area contributed by atoms with Crippen LogP contribution in [0.25, 0.3) is 9.75 Å². The third-order valence-corrected chi connectivity index (χ3v) is 8.33. The van der Waals surface area contributed by atoms with Crippen LogP contribution < -0.4 is 0 Å². The molecule has 0 N–H and O–H groups in total. The molecule has 0 bridgehead atoms. The standard InChI is InChI=1S/C26H18S4/c1-3-5-19-7-9-21(27-19)11-13-23-15-17-25(29-23)26-18-16-24(30-26)14-12-22-10-8-20(28-22)6-4-2/h3-4,7-10,15-18H,1-2,5-6H2. The fraction of sp³-hybridized carbons (Fsp3) is 0.0769. The summed E-state index contributed by atoms with van der Waals surface area (Å²) in [6, 6.07) is 16.9. The van der Waals surface area contributed by atoms with E-state index in [1.54, 1.807) is 45.3 Å². The molecule has 4 aromatic rings. The zero-order valence-corrected chi connectivity index (χ0v) is 19.5. The van der Waals surface area contributed by atoms with Gasteiger partial charge in [0.1, 0.15) is 0 Å². The second-order valence-corrected chi connectivity index (χ2v) is 10.8. The molecule has 0 saturated carbocycles. The van der Waals surface area contributed by atoms with Gasteiger partial charge in [0.15, 0.2) is 0 Å². The van der Waals surface area contributed by atoms with Crippen molar-refractivity contribution in [3.63, 3.8) is 0 Å². The molecule has 4 aromatic heterocycles. The molecule has 146 valence electrons. The average Bonchev–Trinajstić information content (AvgIpc) is 3.52. The van der Waals surface area contributed by atoms with Gasteiger partial charge in [-0.2, -0.15) is 0 Å². The normalized spacial score (nSPS) is 10.0. The van der Waals surface area contributed by atoms with Gasteiger partial charge in [0.25, 0.3) is 0 Å². The van der Waals surface area contributed by atoms with Crippen LogP contribution in [0.4, 0.5) is 0 Å². The molecular formula is C26H18S4. The summed E-state index contributed by atoms with van der Waals surface area (Å²) in [4.78, 5) is 9.43. The van der Waals surface area contributed by atoms with Gasteiger partial charge in [0, 0.05) is 19.5 Å². The van der Waals surface area contributed by atoms with Crippen LogP contribution in [0.5, 0.6) is 0 Å². The first-order valence-corrected chi connectivity index (χ1v) is 12.6. The Kier molecular flexibility index (Phi) is 6.84. The van der Waals surface area contributed by atoms with E-state index < -0.39 is 0 Å². The Bertz CT molecular complexity index is 1200. The number of hydrogen-bond acceptors (Lipinski definition) is 4. The summed E-state index contributed by atoms with van der Waals surface area (Å²) >= 11 is 6.92. The second kappa shape index (κ2) is 9.94. The van der Waals surface area contributed by atoms with Gasteiger partial charge >= 0.3 is 0 Å². The Balaban J connectivity index is 1.45. The lowest BCUT2D eigenvalue weighted by atomic mass is 10.3. The predicted molar refractivity (Wildman–Crippen MR) is 136 cm³/mol. The third kappa shape index (κ3) is 5.30. The summed E-state index contributed by atoms with van der Waals surface area (Å²) < 4.78 is 0. The van der Waals surface area contributed by atoms with E-state index in [1.807, 2.05) is 12.2 Å².